The summed E-state index contributed by atoms with van der Waals surface area (Å²) < 4.78 is 41.2. The van der Waals surface area contributed by atoms with Crippen molar-refractivity contribution < 1.29 is 22.7 Å². The van der Waals surface area contributed by atoms with Crippen LogP contribution in [0, 0.1) is 0 Å². The molecule has 0 saturated heterocycles. The summed E-state index contributed by atoms with van der Waals surface area (Å²) in [7, 11) is 1.23. The fourth-order valence-electron chi connectivity index (χ4n) is 0.980. The Morgan fingerprint density at radius 1 is 1.53 bits per heavy atom. The van der Waals surface area contributed by atoms with Gasteiger partial charge in [0.15, 0.2) is 0 Å². The third-order valence-corrected chi connectivity index (χ3v) is 1.79. The highest BCUT2D eigenvalue weighted by Gasteiger charge is 2.32. The molecule has 5 nitrogen and oxygen atoms in total. The van der Waals surface area contributed by atoms with E-state index in [0.29, 0.717) is 0 Å². The fourth-order valence-corrected chi connectivity index (χ4v) is 0.980. The van der Waals surface area contributed by atoms with Crippen LogP contribution in [0.2, 0.25) is 0 Å². The standard InChI is InChI=1S/C9H10F3N3O2/c1-17-7(16)3-5-14-8-13-4-2-6(15-8)9(10,11)12/h2,4H,3,5H2,1H3,(H,13,14,15). The lowest BCUT2D eigenvalue weighted by molar-refractivity contribution is -0.141. The average molecular weight is 249 g/mol. The number of ether oxygens (including phenoxy) is 1. The molecule has 1 heterocycles. The highest BCUT2D eigenvalue weighted by atomic mass is 19.4. The van der Waals surface area contributed by atoms with Crippen LogP contribution in [-0.4, -0.2) is 29.6 Å². The van der Waals surface area contributed by atoms with Crippen molar-refractivity contribution in [1.29, 1.82) is 0 Å². The molecule has 0 fully saturated rings. The van der Waals surface area contributed by atoms with E-state index in [4.69, 9.17) is 0 Å². The first-order valence-electron chi connectivity index (χ1n) is 4.64. The number of hydrogen-bond donors (Lipinski definition) is 1. The molecule has 0 atom stereocenters. The van der Waals surface area contributed by atoms with Gasteiger partial charge >= 0.3 is 12.1 Å². The van der Waals surface area contributed by atoms with Gasteiger partial charge in [0.25, 0.3) is 0 Å². The summed E-state index contributed by atoms with van der Waals surface area (Å²) in [6.07, 6.45) is -3.49. The zero-order chi connectivity index (χ0) is 12.9. The molecule has 1 aromatic heterocycles. The minimum absolute atomic E-state index is 0.0239. The molecule has 0 radical (unpaired) electrons. The smallest absolute Gasteiger partial charge is 0.433 e. The Morgan fingerprint density at radius 3 is 2.82 bits per heavy atom. The number of aromatic nitrogens is 2. The van der Waals surface area contributed by atoms with Crippen molar-refractivity contribution in [2.75, 3.05) is 19.0 Å². The van der Waals surface area contributed by atoms with Gasteiger partial charge in [-0.05, 0) is 6.07 Å². The topological polar surface area (TPSA) is 64.1 Å². The van der Waals surface area contributed by atoms with Crippen LogP contribution >= 0.6 is 0 Å². The molecule has 0 saturated carbocycles. The van der Waals surface area contributed by atoms with Crippen molar-refractivity contribution in [3.8, 4) is 0 Å². The van der Waals surface area contributed by atoms with Crippen LogP contribution in [0.25, 0.3) is 0 Å². The van der Waals surface area contributed by atoms with Crippen LogP contribution in [0.5, 0.6) is 0 Å². The number of anilines is 1. The van der Waals surface area contributed by atoms with Gasteiger partial charge in [0.1, 0.15) is 5.69 Å². The number of nitrogens with one attached hydrogen (secondary N) is 1. The molecule has 0 spiro atoms. The second-order valence-corrected chi connectivity index (χ2v) is 3.02. The molecule has 17 heavy (non-hydrogen) atoms. The number of hydrogen-bond acceptors (Lipinski definition) is 5. The molecule has 94 valence electrons. The van der Waals surface area contributed by atoms with E-state index < -0.39 is 17.8 Å². The third kappa shape index (κ3) is 4.25. The second-order valence-electron chi connectivity index (χ2n) is 3.02. The molecule has 0 aliphatic carbocycles. The summed E-state index contributed by atoms with van der Waals surface area (Å²) in [5.41, 5.74) is -1.03. The van der Waals surface area contributed by atoms with E-state index in [2.05, 4.69) is 20.0 Å². The molecule has 1 aromatic rings. The van der Waals surface area contributed by atoms with Gasteiger partial charge in [0.05, 0.1) is 13.5 Å². The van der Waals surface area contributed by atoms with Crippen LogP contribution in [0.1, 0.15) is 12.1 Å². The maximum Gasteiger partial charge on any atom is 0.433 e. The number of carbonyl (C=O) groups is 1. The normalized spacial score (nSPS) is 11.1. The van der Waals surface area contributed by atoms with Gasteiger partial charge in [0, 0.05) is 12.7 Å². The molecule has 0 bridgehead atoms. The lowest BCUT2D eigenvalue weighted by Crippen LogP contribution is -2.14. The Balaban J connectivity index is 2.58. The van der Waals surface area contributed by atoms with Gasteiger partial charge in [-0.3, -0.25) is 4.79 Å². The summed E-state index contributed by atoms with van der Waals surface area (Å²) >= 11 is 0. The Hall–Kier alpha value is -1.86. The van der Waals surface area contributed by atoms with E-state index >= 15 is 0 Å². The zero-order valence-electron chi connectivity index (χ0n) is 8.91. The summed E-state index contributed by atoms with van der Waals surface area (Å²) in [5, 5.41) is 2.50. The van der Waals surface area contributed by atoms with E-state index in [0.717, 1.165) is 12.3 Å². The lowest BCUT2D eigenvalue weighted by Gasteiger charge is -2.07. The number of nitrogens with zero attached hydrogens (tertiary/aromatic N) is 2. The Labute approximate surface area is 95.0 Å². The predicted molar refractivity (Wildman–Crippen MR) is 52.2 cm³/mol. The monoisotopic (exact) mass is 249 g/mol. The number of alkyl halides is 3. The Kier molecular flexibility index (Phi) is 4.24. The van der Waals surface area contributed by atoms with Gasteiger partial charge in [0.2, 0.25) is 5.95 Å². The van der Waals surface area contributed by atoms with Gasteiger partial charge in [-0.15, -0.1) is 0 Å². The number of methoxy groups -OCH3 is 1. The summed E-state index contributed by atoms with van der Waals surface area (Å²) in [4.78, 5) is 17.6. The zero-order valence-corrected chi connectivity index (χ0v) is 8.91. The number of halogens is 3. The van der Waals surface area contributed by atoms with Gasteiger partial charge in [-0.2, -0.15) is 13.2 Å². The molecule has 1 N–H and O–H groups in total. The number of rotatable bonds is 4. The van der Waals surface area contributed by atoms with Crippen molar-refractivity contribution in [3.63, 3.8) is 0 Å². The first-order chi connectivity index (χ1) is 7.93. The Bertz CT molecular complexity index is 395. The predicted octanol–water partition coefficient (Wildman–Crippen LogP) is 1.47. The minimum Gasteiger partial charge on any atom is -0.469 e. The van der Waals surface area contributed by atoms with Crippen molar-refractivity contribution in [3.05, 3.63) is 18.0 Å². The van der Waals surface area contributed by atoms with E-state index in [-0.39, 0.29) is 18.9 Å². The van der Waals surface area contributed by atoms with E-state index in [1.165, 1.54) is 7.11 Å². The van der Waals surface area contributed by atoms with Gasteiger partial charge in [-0.1, -0.05) is 0 Å². The highest BCUT2D eigenvalue weighted by Crippen LogP contribution is 2.27. The van der Waals surface area contributed by atoms with Crippen LogP contribution in [0.15, 0.2) is 12.3 Å². The number of esters is 1. The van der Waals surface area contributed by atoms with Crippen molar-refractivity contribution in [1.82, 2.24) is 9.97 Å². The average Bonchev–Trinajstić information content (AvgIpc) is 2.28. The molecule has 1 rings (SSSR count). The molecular formula is C9H10F3N3O2. The number of carbonyl (C=O) groups excluding carboxylic acids is 1. The van der Waals surface area contributed by atoms with Crippen LogP contribution in [0.4, 0.5) is 19.1 Å². The van der Waals surface area contributed by atoms with Crippen LogP contribution < -0.4 is 5.32 Å². The maximum absolute atomic E-state index is 12.3. The lowest BCUT2D eigenvalue weighted by atomic mass is 10.4. The SMILES string of the molecule is COC(=O)CCNc1nccc(C(F)(F)F)n1. The summed E-state index contributed by atoms with van der Waals surface area (Å²) in [6.45, 7) is 0.105. The van der Waals surface area contributed by atoms with Crippen LogP contribution in [-0.2, 0) is 15.7 Å². The van der Waals surface area contributed by atoms with E-state index in [1.54, 1.807) is 0 Å². The summed E-state index contributed by atoms with van der Waals surface area (Å²) in [6, 6.07) is 0.769. The quantitative estimate of drug-likeness (QED) is 0.818. The van der Waals surface area contributed by atoms with Crippen molar-refractivity contribution in [2.45, 2.75) is 12.6 Å². The molecule has 8 heteroatoms. The van der Waals surface area contributed by atoms with Gasteiger partial charge in [-0.25, -0.2) is 9.97 Å². The third-order valence-electron chi connectivity index (χ3n) is 1.79. The van der Waals surface area contributed by atoms with Crippen molar-refractivity contribution >= 4 is 11.9 Å². The molecular weight excluding hydrogens is 239 g/mol. The molecule has 0 amide bonds. The van der Waals surface area contributed by atoms with Crippen LogP contribution in [0.3, 0.4) is 0 Å². The maximum atomic E-state index is 12.3. The van der Waals surface area contributed by atoms with E-state index in [9.17, 15) is 18.0 Å². The Morgan fingerprint density at radius 2 is 2.24 bits per heavy atom. The van der Waals surface area contributed by atoms with Gasteiger partial charge < -0.3 is 10.1 Å². The molecule has 0 aliphatic rings. The first-order valence-corrected chi connectivity index (χ1v) is 4.64. The summed E-state index contributed by atoms with van der Waals surface area (Å²) in [5.74, 6) is -0.645. The largest absolute Gasteiger partial charge is 0.469 e. The van der Waals surface area contributed by atoms with E-state index in [1.807, 2.05) is 0 Å². The molecule has 0 aliphatic heterocycles. The second kappa shape index (κ2) is 5.46. The molecule has 0 aromatic carbocycles. The minimum atomic E-state index is -4.51. The highest BCUT2D eigenvalue weighted by molar-refractivity contribution is 5.69. The first kappa shape index (κ1) is 13.2. The fraction of sp³-hybridized carbons (Fsp3) is 0.444. The molecule has 0 unspecified atom stereocenters. The van der Waals surface area contributed by atoms with Crippen molar-refractivity contribution in [2.24, 2.45) is 0 Å².